The maximum atomic E-state index is 12.5. The van der Waals surface area contributed by atoms with Crippen LogP contribution in [-0.2, 0) is 6.42 Å². The van der Waals surface area contributed by atoms with E-state index in [-0.39, 0.29) is 11.5 Å². The lowest BCUT2D eigenvalue weighted by molar-refractivity contribution is 0.0953. The summed E-state index contributed by atoms with van der Waals surface area (Å²) < 4.78 is 11.1. The van der Waals surface area contributed by atoms with Crippen LogP contribution < -0.4 is 20.3 Å². The minimum atomic E-state index is -0.221. The monoisotopic (exact) mass is 394 g/mol. The Morgan fingerprint density at radius 1 is 1.00 bits per heavy atom. The van der Waals surface area contributed by atoms with Gasteiger partial charge in [0.25, 0.3) is 11.5 Å². The second-order valence-electron chi connectivity index (χ2n) is 6.75. The summed E-state index contributed by atoms with van der Waals surface area (Å²) in [5, 5.41) is 3.84. The largest absolute Gasteiger partial charge is 0.490 e. The smallest absolute Gasteiger partial charge is 0.251 e. The number of aromatic nitrogens is 1. The van der Waals surface area contributed by atoms with Gasteiger partial charge in [-0.1, -0.05) is 12.1 Å². The second kappa shape index (κ2) is 9.28. The van der Waals surface area contributed by atoms with E-state index in [0.29, 0.717) is 48.8 Å². The topological polar surface area (TPSA) is 80.4 Å². The number of rotatable bonds is 8. The fourth-order valence-corrected chi connectivity index (χ4v) is 3.15. The number of ether oxygens (including phenoxy) is 2. The van der Waals surface area contributed by atoms with Gasteiger partial charge < -0.3 is 19.8 Å². The molecule has 3 rings (SSSR count). The molecule has 0 saturated carbocycles. The maximum absolute atomic E-state index is 12.5. The second-order valence-corrected chi connectivity index (χ2v) is 6.75. The molecule has 6 heteroatoms. The number of fused-ring (bicyclic) bond motifs is 1. The Bertz CT molecular complexity index is 1070. The summed E-state index contributed by atoms with van der Waals surface area (Å²) in [5.41, 5.74) is 2.91. The Balaban J connectivity index is 1.67. The molecule has 29 heavy (non-hydrogen) atoms. The van der Waals surface area contributed by atoms with Gasteiger partial charge in [0.15, 0.2) is 11.5 Å². The fourth-order valence-electron chi connectivity index (χ4n) is 3.15. The molecule has 0 saturated heterocycles. The molecule has 1 amide bonds. The van der Waals surface area contributed by atoms with Gasteiger partial charge in [-0.05, 0) is 68.5 Å². The van der Waals surface area contributed by atoms with Crippen LogP contribution in [0.3, 0.4) is 0 Å². The highest BCUT2D eigenvalue weighted by Gasteiger charge is 2.12. The van der Waals surface area contributed by atoms with Crippen LogP contribution in [0.5, 0.6) is 11.5 Å². The number of aryl methyl sites for hydroxylation is 1. The molecule has 0 bridgehead atoms. The van der Waals surface area contributed by atoms with E-state index < -0.39 is 0 Å². The molecule has 2 N–H and O–H groups in total. The molecule has 0 radical (unpaired) electrons. The van der Waals surface area contributed by atoms with Crippen molar-refractivity contribution in [2.45, 2.75) is 27.2 Å². The average molecular weight is 394 g/mol. The van der Waals surface area contributed by atoms with Gasteiger partial charge in [-0.25, -0.2) is 0 Å². The molecule has 6 nitrogen and oxygen atoms in total. The van der Waals surface area contributed by atoms with Gasteiger partial charge in [0.2, 0.25) is 0 Å². The van der Waals surface area contributed by atoms with Crippen LogP contribution in [0.1, 0.15) is 35.3 Å². The molecular weight excluding hydrogens is 368 g/mol. The SMILES string of the molecule is CCOc1ccc(C(=O)NCCc2cc3ccc(C)cc3[nH]c2=O)cc1OCC. The van der Waals surface area contributed by atoms with Crippen LogP contribution in [0.2, 0.25) is 0 Å². The van der Waals surface area contributed by atoms with Crippen LogP contribution in [0.4, 0.5) is 0 Å². The predicted molar refractivity (Wildman–Crippen MR) is 114 cm³/mol. The van der Waals surface area contributed by atoms with E-state index in [1.165, 1.54) is 0 Å². The summed E-state index contributed by atoms with van der Waals surface area (Å²) in [6.07, 6.45) is 0.445. The molecule has 0 atom stereocenters. The highest BCUT2D eigenvalue weighted by Crippen LogP contribution is 2.28. The molecule has 1 aromatic heterocycles. The minimum absolute atomic E-state index is 0.128. The van der Waals surface area contributed by atoms with Crippen molar-refractivity contribution in [2.75, 3.05) is 19.8 Å². The summed E-state index contributed by atoms with van der Waals surface area (Å²) in [6, 6.07) is 12.9. The van der Waals surface area contributed by atoms with Crippen LogP contribution >= 0.6 is 0 Å². The Kier molecular flexibility index (Phi) is 6.54. The van der Waals surface area contributed by atoms with Crippen molar-refractivity contribution >= 4 is 16.8 Å². The number of aromatic amines is 1. The van der Waals surface area contributed by atoms with E-state index in [9.17, 15) is 9.59 Å². The molecule has 1 heterocycles. The van der Waals surface area contributed by atoms with Crippen LogP contribution in [0, 0.1) is 6.92 Å². The van der Waals surface area contributed by atoms with Gasteiger partial charge in [0, 0.05) is 23.2 Å². The normalized spacial score (nSPS) is 10.7. The van der Waals surface area contributed by atoms with Crippen molar-refractivity contribution in [1.82, 2.24) is 10.3 Å². The summed E-state index contributed by atoms with van der Waals surface area (Å²) in [5.74, 6) is 0.939. The molecule has 0 aliphatic heterocycles. The van der Waals surface area contributed by atoms with Crippen molar-refractivity contribution in [1.29, 1.82) is 0 Å². The quantitative estimate of drug-likeness (QED) is 0.612. The standard InChI is InChI=1S/C23H26N2O4/c1-4-28-20-9-8-17(14-21(20)29-5-2)22(26)24-11-10-18-13-16-7-6-15(3)12-19(16)25-23(18)27/h6-9,12-14H,4-5,10-11H2,1-3H3,(H,24,26)(H,25,27). The van der Waals surface area contributed by atoms with Gasteiger partial charge in [0.05, 0.1) is 13.2 Å². The van der Waals surface area contributed by atoms with Gasteiger partial charge in [-0.15, -0.1) is 0 Å². The summed E-state index contributed by atoms with van der Waals surface area (Å²) >= 11 is 0. The lowest BCUT2D eigenvalue weighted by atomic mass is 10.1. The molecule has 0 spiro atoms. The van der Waals surface area contributed by atoms with Crippen LogP contribution in [0.25, 0.3) is 10.9 Å². The number of nitrogens with one attached hydrogen (secondary N) is 2. The number of hydrogen-bond acceptors (Lipinski definition) is 4. The number of H-pyrrole nitrogens is 1. The number of pyridine rings is 1. The zero-order valence-corrected chi connectivity index (χ0v) is 17.0. The Morgan fingerprint density at radius 2 is 1.76 bits per heavy atom. The zero-order chi connectivity index (χ0) is 20.8. The molecule has 2 aromatic carbocycles. The van der Waals surface area contributed by atoms with Crippen LogP contribution in [0.15, 0.2) is 47.3 Å². The van der Waals surface area contributed by atoms with Crippen molar-refractivity contribution in [3.8, 4) is 11.5 Å². The minimum Gasteiger partial charge on any atom is -0.490 e. The van der Waals surface area contributed by atoms with E-state index >= 15 is 0 Å². The van der Waals surface area contributed by atoms with Crippen molar-refractivity contribution in [3.05, 3.63) is 69.5 Å². The molecular formula is C23H26N2O4. The first-order valence-corrected chi connectivity index (χ1v) is 9.82. The molecule has 3 aromatic rings. The lowest BCUT2D eigenvalue weighted by Gasteiger charge is -2.12. The van der Waals surface area contributed by atoms with E-state index in [0.717, 1.165) is 16.5 Å². The van der Waals surface area contributed by atoms with Crippen molar-refractivity contribution in [3.63, 3.8) is 0 Å². The van der Waals surface area contributed by atoms with Gasteiger partial charge >= 0.3 is 0 Å². The summed E-state index contributed by atoms with van der Waals surface area (Å²) in [7, 11) is 0. The highest BCUT2D eigenvalue weighted by molar-refractivity contribution is 5.94. The summed E-state index contributed by atoms with van der Waals surface area (Å²) in [6.45, 7) is 7.12. The highest BCUT2D eigenvalue weighted by atomic mass is 16.5. The Hall–Kier alpha value is -3.28. The first-order valence-electron chi connectivity index (χ1n) is 9.82. The zero-order valence-electron chi connectivity index (χ0n) is 17.0. The van der Waals surface area contributed by atoms with Gasteiger partial charge in [0.1, 0.15) is 0 Å². The van der Waals surface area contributed by atoms with Gasteiger partial charge in [-0.3, -0.25) is 9.59 Å². The van der Waals surface area contributed by atoms with E-state index in [1.54, 1.807) is 18.2 Å². The molecule has 152 valence electrons. The first kappa shape index (κ1) is 20.5. The molecule has 0 aliphatic rings. The lowest BCUT2D eigenvalue weighted by Crippen LogP contribution is -2.27. The molecule has 0 unspecified atom stereocenters. The number of carbonyl (C=O) groups is 1. The third kappa shape index (κ3) is 4.96. The molecule has 0 aliphatic carbocycles. The third-order valence-corrected chi connectivity index (χ3v) is 4.56. The number of carbonyl (C=O) groups excluding carboxylic acids is 1. The van der Waals surface area contributed by atoms with Crippen LogP contribution in [-0.4, -0.2) is 30.6 Å². The van der Waals surface area contributed by atoms with Crippen molar-refractivity contribution in [2.24, 2.45) is 0 Å². The van der Waals surface area contributed by atoms with E-state index in [2.05, 4.69) is 10.3 Å². The number of hydrogen-bond donors (Lipinski definition) is 2. The van der Waals surface area contributed by atoms with E-state index in [1.807, 2.05) is 45.0 Å². The first-order chi connectivity index (χ1) is 14.0. The maximum Gasteiger partial charge on any atom is 0.251 e. The number of amides is 1. The third-order valence-electron chi connectivity index (χ3n) is 4.56. The Labute approximate surface area is 169 Å². The fraction of sp³-hybridized carbons (Fsp3) is 0.304. The van der Waals surface area contributed by atoms with E-state index in [4.69, 9.17) is 9.47 Å². The van der Waals surface area contributed by atoms with Gasteiger partial charge in [-0.2, -0.15) is 0 Å². The number of benzene rings is 2. The predicted octanol–water partition coefficient (Wildman–Crippen LogP) is 3.61. The van der Waals surface area contributed by atoms with Crippen molar-refractivity contribution < 1.29 is 14.3 Å². The Morgan fingerprint density at radius 3 is 2.52 bits per heavy atom. The average Bonchev–Trinajstić information content (AvgIpc) is 2.70. The summed E-state index contributed by atoms with van der Waals surface area (Å²) in [4.78, 5) is 27.7. The molecule has 0 fully saturated rings.